The Morgan fingerprint density at radius 1 is 1.04 bits per heavy atom. The monoisotopic (exact) mass is 374 g/mol. The van der Waals surface area contributed by atoms with Crippen LogP contribution in [0, 0.1) is 0 Å². The molecule has 4 nitrogen and oxygen atoms in total. The van der Waals surface area contributed by atoms with E-state index < -0.39 is 0 Å². The van der Waals surface area contributed by atoms with Crippen molar-refractivity contribution in [1.29, 1.82) is 0 Å². The number of aromatic nitrogens is 4. The van der Waals surface area contributed by atoms with Gasteiger partial charge in [-0.2, -0.15) is 0 Å². The lowest BCUT2D eigenvalue weighted by atomic mass is 10.1. The minimum atomic E-state index is 0.713. The van der Waals surface area contributed by atoms with Crippen LogP contribution in [0.4, 0.5) is 0 Å². The van der Waals surface area contributed by atoms with E-state index in [1.165, 1.54) is 22.0 Å². The van der Waals surface area contributed by atoms with Crippen molar-refractivity contribution in [2.45, 2.75) is 23.9 Å². The Kier molecular flexibility index (Phi) is 5.12. The topological polar surface area (TPSA) is 35.6 Å². The molecule has 0 radical (unpaired) electrons. The second-order valence-corrected chi connectivity index (χ2v) is 7.45. The Balaban J connectivity index is 1.58. The standard InChI is InChI=1S/C22H22N4S/c1-3-13-26-21(15-19-11-7-14-25(19)2)23-24-22(26)27-16-18-10-6-9-17-8-4-5-12-20(17)18/h3-12,14H,1,13,15-16H2,2H3. The molecule has 0 bridgehead atoms. The van der Waals surface area contributed by atoms with Crippen LogP contribution >= 0.6 is 11.8 Å². The minimum absolute atomic E-state index is 0.713. The van der Waals surface area contributed by atoms with Gasteiger partial charge in [0.15, 0.2) is 5.16 Å². The van der Waals surface area contributed by atoms with Gasteiger partial charge in [0, 0.05) is 37.7 Å². The van der Waals surface area contributed by atoms with Crippen LogP contribution < -0.4 is 0 Å². The lowest BCUT2D eigenvalue weighted by Gasteiger charge is -2.09. The molecule has 0 unspecified atom stereocenters. The number of allylic oxidation sites excluding steroid dienone is 1. The van der Waals surface area contributed by atoms with Crippen molar-refractivity contribution in [3.05, 3.63) is 90.5 Å². The molecule has 0 saturated carbocycles. The summed E-state index contributed by atoms with van der Waals surface area (Å²) in [5.74, 6) is 1.83. The van der Waals surface area contributed by atoms with Gasteiger partial charge in [-0.25, -0.2) is 0 Å². The van der Waals surface area contributed by atoms with E-state index in [1.807, 2.05) is 6.08 Å². The molecule has 136 valence electrons. The summed E-state index contributed by atoms with van der Waals surface area (Å²) in [4.78, 5) is 0. The minimum Gasteiger partial charge on any atom is -0.354 e. The molecule has 4 aromatic rings. The van der Waals surface area contributed by atoms with Gasteiger partial charge in [-0.05, 0) is 28.5 Å². The fourth-order valence-electron chi connectivity index (χ4n) is 3.27. The highest BCUT2D eigenvalue weighted by atomic mass is 32.2. The van der Waals surface area contributed by atoms with Gasteiger partial charge < -0.3 is 9.13 Å². The Morgan fingerprint density at radius 3 is 2.70 bits per heavy atom. The number of fused-ring (bicyclic) bond motifs is 1. The Bertz CT molecular complexity index is 1070. The molecule has 2 aromatic carbocycles. The lowest BCUT2D eigenvalue weighted by Crippen LogP contribution is -2.06. The Morgan fingerprint density at radius 2 is 1.89 bits per heavy atom. The van der Waals surface area contributed by atoms with Gasteiger partial charge in [-0.1, -0.05) is 60.3 Å². The molecule has 0 saturated heterocycles. The fraction of sp³-hybridized carbons (Fsp3) is 0.182. The summed E-state index contributed by atoms with van der Waals surface area (Å²) in [6.07, 6.45) is 4.72. The molecule has 0 aliphatic heterocycles. The van der Waals surface area contributed by atoms with E-state index in [0.717, 1.165) is 23.2 Å². The van der Waals surface area contributed by atoms with Crippen LogP contribution in [0.2, 0.25) is 0 Å². The molecule has 0 amide bonds. The van der Waals surface area contributed by atoms with Crippen LogP contribution in [0.5, 0.6) is 0 Å². The average molecular weight is 375 g/mol. The lowest BCUT2D eigenvalue weighted by molar-refractivity contribution is 0.681. The van der Waals surface area contributed by atoms with Gasteiger partial charge >= 0.3 is 0 Å². The van der Waals surface area contributed by atoms with Crippen molar-refractivity contribution < 1.29 is 0 Å². The summed E-state index contributed by atoms with van der Waals surface area (Å²) >= 11 is 1.73. The highest BCUT2D eigenvalue weighted by Gasteiger charge is 2.14. The molecule has 0 fully saturated rings. The molecule has 4 rings (SSSR count). The van der Waals surface area contributed by atoms with E-state index in [1.54, 1.807) is 11.8 Å². The number of nitrogens with zero attached hydrogens (tertiary/aromatic N) is 4. The zero-order valence-corrected chi connectivity index (χ0v) is 16.2. The van der Waals surface area contributed by atoms with Crippen molar-refractivity contribution in [2.75, 3.05) is 0 Å². The maximum Gasteiger partial charge on any atom is 0.191 e. The summed E-state index contributed by atoms with van der Waals surface area (Å²) in [5.41, 5.74) is 2.54. The predicted molar refractivity (Wildman–Crippen MR) is 112 cm³/mol. The first-order valence-corrected chi connectivity index (χ1v) is 9.97. The quantitative estimate of drug-likeness (QED) is 0.343. The predicted octanol–water partition coefficient (Wildman–Crippen LogP) is 4.84. The molecule has 0 spiro atoms. The number of hydrogen-bond donors (Lipinski definition) is 0. The third-order valence-electron chi connectivity index (χ3n) is 4.73. The van der Waals surface area contributed by atoms with Crippen LogP contribution in [-0.4, -0.2) is 19.3 Å². The van der Waals surface area contributed by atoms with E-state index in [0.29, 0.717) is 6.54 Å². The zero-order valence-electron chi connectivity index (χ0n) is 15.4. The van der Waals surface area contributed by atoms with Gasteiger partial charge in [0.1, 0.15) is 5.82 Å². The van der Waals surface area contributed by atoms with Crippen molar-refractivity contribution in [1.82, 2.24) is 19.3 Å². The maximum absolute atomic E-state index is 4.46. The van der Waals surface area contributed by atoms with E-state index in [2.05, 4.69) is 93.8 Å². The zero-order chi connectivity index (χ0) is 18.6. The van der Waals surface area contributed by atoms with Gasteiger partial charge in [0.2, 0.25) is 0 Å². The number of rotatable bonds is 7. The highest BCUT2D eigenvalue weighted by molar-refractivity contribution is 7.98. The van der Waals surface area contributed by atoms with Crippen molar-refractivity contribution in [2.24, 2.45) is 7.05 Å². The van der Waals surface area contributed by atoms with Gasteiger partial charge in [0.25, 0.3) is 0 Å². The molecule has 2 aromatic heterocycles. The average Bonchev–Trinajstić information content (AvgIpc) is 3.27. The molecular formula is C22H22N4S. The van der Waals surface area contributed by atoms with Crippen molar-refractivity contribution in [3.8, 4) is 0 Å². The molecular weight excluding hydrogens is 352 g/mol. The van der Waals surface area contributed by atoms with Gasteiger partial charge in [-0.15, -0.1) is 16.8 Å². The molecule has 27 heavy (non-hydrogen) atoms. The first-order valence-electron chi connectivity index (χ1n) is 8.99. The summed E-state index contributed by atoms with van der Waals surface area (Å²) in [5, 5.41) is 12.4. The Labute approximate surface area is 163 Å². The van der Waals surface area contributed by atoms with Crippen LogP contribution in [0.25, 0.3) is 10.8 Å². The molecule has 0 aliphatic carbocycles. The summed E-state index contributed by atoms with van der Waals surface area (Å²) in [7, 11) is 2.06. The number of aryl methyl sites for hydroxylation is 1. The molecule has 0 N–H and O–H groups in total. The van der Waals surface area contributed by atoms with Gasteiger partial charge in [0.05, 0.1) is 0 Å². The van der Waals surface area contributed by atoms with Crippen LogP contribution in [0.3, 0.4) is 0 Å². The van der Waals surface area contributed by atoms with Crippen LogP contribution in [0.15, 0.2) is 78.6 Å². The summed E-state index contributed by atoms with van der Waals surface area (Å²) < 4.78 is 4.28. The SMILES string of the molecule is C=CCn1c(Cc2cccn2C)nnc1SCc1cccc2ccccc12. The normalized spacial score (nSPS) is 11.1. The smallest absolute Gasteiger partial charge is 0.191 e. The van der Waals surface area contributed by atoms with E-state index >= 15 is 0 Å². The largest absolute Gasteiger partial charge is 0.354 e. The number of thioether (sulfide) groups is 1. The van der Waals surface area contributed by atoms with E-state index in [9.17, 15) is 0 Å². The molecule has 0 aliphatic rings. The van der Waals surface area contributed by atoms with Crippen LogP contribution in [-0.2, 0) is 25.8 Å². The van der Waals surface area contributed by atoms with Gasteiger partial charge in [-0.3, -0.25) is 0 Å². The Hall–Kier alpha value is -2.79. The van der Waals surface area contributed by atoms with E-state index in [4.69, 9.17) is 0 Å². The third-order valence-corrected chi connectivity index (χ3v) is 5.75. The maximum atomic E-state index is 4.46. The first-order chi connectivity index (χ1) is 13.3. The summed E-state index contributed by atoms with van der Waals surface area (Å²) in [6.45, 7) is 4.61. The van der Waals surface area contributed by atoms with E-state index in [-0.39, 0.29) is 0 Å². The highest BCUT2D eigenvalue weighted by Crippen LogP contribution is 2.27. The third kappa shape index (κ3) is 3.69. The first kappa shape index (κ1) is 17.6. The number of hydrogen-bond acceptors (Lipinski definition) is 3. The number of benzene rings is 2. The van der Waals surface area contributed by atoms with Crippen molar-refractivity contribution >= 4 is 22.5 Å². The molecule has 0 atom stereocenters. The fourth-order valence-corrected chi connectivity index (χ4v) is 4.24. The second kappa shape index (κ2) is 7.84. The molecule has 2 heterocycles. The van der Waals surface area contributed by atoms with Crippen molar-refractivity contribution in [3.63, 3.8) is 0 Å². The summed E-state index contributed by atoms with van der Waals surface area (Å²) in [6, 6.07) is 19.1. The van der Waals surface area contributed by atoms with Crippen LogP contribution in [0.1, 0.15) is 17.1 Å². The second-order valence-electron chi connectivity index (χ2n) is 6.51. The molecule has 5 heteroatoms.